The molecule has 0 radical (unpaired) electrons. The number of nitrogens with two attached hydrogens (primary N) is 1. The standard InChI is InChI=1S/C11H16F2N4O/c12-7-5-8(13)10(17-14)16-9(7)15-6-11(18)3-1-2-4-11/h5,18H,1-4,6,14H2,(H2,15,16,17). The lowest BCUT2D eigenvalue weighted by Crippen LogP contribution is -2.34. The van der Waals surface area contributed by atoms with Crippen molar-refractivity contribution in [1.82, 2.24) is 4.98 Å². The molecule has 0 amide bonds. The van der Waals surface area contributed by atoms with Crippen LogP contribution in [0.4, 0.5) is 20.4 Å². The van der Waals surface area contributed by atoms with Gasteiger partial charge in [0.05, 0.1) is 5.60 Å². The first-order valence-electron chi connectivity index (χ1n) is 5.83. The van der Waals surface area contributed by atoms with E-state index >= 15 is 0 Å². The fourth-order valence-electron chi connectivity index (χ4n) is 2.15. The van der Waals surface area contributed by atoms with E-state index in [-0.39, 0.29) is 18.2 Å². The molecule has 2 rings (SSSR count). The van der Waals surface area contributed by atoms with Crippen LogP contribution in [0.15, 0.2) is 6.07 Å². The van der Waals surface area contributed by atoms with E-state index in [0.717, 1.165) is 12.8 Å². The Kier molecular flexibility index (Phi) is 3.63. The molecule has 5 N–H and O–H groups in total. The Morgan fingerprint density at radius 1 is 1.28 bits per heavy atom. The van der Waals surface area contributed by atoms with Gasteiger partial charge in [-0.2, -0.15) is 0 Å². The van der Waals surface area contributed by atoms with Crippen molar-refractivity contribution < 1.29 is 13.9 Å². The summed E-state index contributed by atoms with van der Waals surface area (Å²) >= 11 is 0. The maximum absolute atomic E-state index is 13.5. The Hall–Kier alpha value is -1.47. The number of halogens is 2. The van der Waals surface area contributed by atoms with Crippen molar-refractivity contribution in [2.45, 2.75) is 31.3 Å². The van der Waals surface area contributed by atoms with Gasteiger partial charge in [0.15, 0.2) is 23.3 Å². The summed E-state index contributed by atoms with van der Waals surface area (Å²) in [6, 6.07) is 0.698. The first-order valence-corrected chi connectivity index (χ1v) is 5.83. The summed E-state index contributed by atoms with van der Waals surface area (Å²) < 4.78 is 26.6. The molecule has 1 fully saturated rings. The number of rotatable bonds is 4. The zero-order valence-electron chi connectivity index (χ0n) is 9.84. The number of nitrogen functional groups attached to an aromatic ring is 1. The predicted molar refractivity (Wildman–Crippen MR) is 63.9 cm³/mol. The third-order valence-electron chi connectivity index (χ3n) is 3.19. The third kappa shape index (κ3) is 2.68. The van der Waals surface area contributed by atoms with Crippen LogP contribution in [0.2, 0.25) is 0 Å². The second-order valence-corrected chi connectivity index (χ2v) is 4.58. The van der Waals surface area contributed by atoms with Gasteiger partial charge in [-0.3, -0.25) is 0 Å². The van der Waals surface area contributed by atoms with E-state index in [4.69, 9.17) is 5.84 Å². The van der Waals surface area contributed by atoms with Gasteiger partial charge in [-0.1, -0.05) is 12.8 Å². The quantitative estimate of drug-likeness (QED) is 0.484. The van der Waals surface area contributed by atoms with E-state index in [1.54, 1.807) is 0 Å². The highest BCUT2D eigenvalue weighted by Gasteiger charge is 2.31. The molecule has 18 heavy (non-hydrogen) atoms. The minimum atomic E-state index is -0.861. The smallest absolute Gasteiger partial charge is 0.178 e. The number of aromatic nitrogens is 1. The summed E-state index contributed by atoms with van der Waals surface area (Å²) in [6.45, 7) is 0.187. The lowest BCUT2D eigenvalue weighted by atomic mass is 10.0. The summed E-state index contributed by atoms with van der Waals surface area (Å²) in [5, 5.41) is 12.8. The van der Waals surface area contributed by atoms with E-state index in [9.17, 15) is 13.9 Å². The Morgan fingerprint density at radius 2 is 1.89 bits per heavy atom. The molecule has 1 aromatic heterocycles. The highest BCUT2D eigenvalue weighted by molar-refractivity contribution is 5.47. The Balaban J connectivity index is 2.09. The van der Waals surface area contributed by atoms with Crippen LogP contribution >= 0.6 is 0 Å². The molecule has 1 aliphatic carbocycles. The van der Waals surface area contributed by atoms with Crippen LogP contribution in [0.1, 0.15) is 25.7 Å². The van der Waals surface area contributed by atoms with Crippen LogP contribution in [-0.4, -0.2) is 22.2 Å². The second kappa shape index (κ2) is 5.03. The number of nitrogens with one attached hydrogen (secondary N) is 2. The van der Waals surface area contributed by atoms with Crippen LogP contribution in [0, 0.1) is 11.6 Å². The summed E-state index contributed by atoms with van der Waals surface area (Å²) in [6.07, 6.45) is 3.25. The van der Waals surface area contributed by atoms with Gasteiger partial charge in [0, 0.05) is 12.6 Å². The molecule has 100 valence electrons. The number of anilines is 2. The molecule has 0 atom stereocenters. The van der Waals surface area contributed by atoms with Crippen molar-refractivity contribution >= 4 is 11.6 Å². The van der Waals surface area contributed by atoms with E-state index in [2.05, 4.69) is 10.3 Å². The molecule has 5 nitrogen and oxygen atoms in total. The topological polar surface area (TPSA) is 83.2 Å². The maximum atomic E-state index is 13.5. The van der Waals surface area contributed by atoms with Crippen molar-refractivity contribution in [3.8, 4) is 0 Å². The monoisotopic (exact) mass is 258 g/mol. The molecule has 0 spiro atoms. The average Bonchev–Trinajstić information content (AvgIpc) is 2.76. The lowest BCUT2D eigenvalue weighted by molar-refractivity contribution is 0.0613. The molecular weight excluding hydrogens is 242 g/mol. The molecular formula is C11H16F2N4O. The van der Waals surface area contributed by atoms with Crippen LogP contribution in [0.25, 0.3) is 0 Å². The fraction of sp³-hybridized carbons (Fsp3) is 0.545. The minimum Gasteiger partial charge on any atom is -0.388 e. The molecule has 0 aliphatic heterocycles. The molecule has 0 aromatic carbocycles. The molecule has 1 saturated carbocycles. The van der Waals surface area contributed by atoms with Crippen molar-refractivity contribution in [3.05, 3.63) is 17.7 Å². The second-order valence-electron chi connectivity index (χ2n) is 4.58. The highest BCUT2D eigenvalue weighted by atomic mass is 19.1. The van der Waals surface area contributed by atoms with E-state index in [1.807, 2.05) is 5.43 Å². The van der Waals surface area contributed by atoms with Gasteiger partial charge in [-0.05, 0) is 12.8 Å². The molecule has 7 heteroatoms. The number of aliphatic hydroxyl groups is 1. The van der Waals surface area contributed by atoms with Gasteiger partial charge in [-0.15, -0.1) is 0 Å². The largest absolute Gasteiger partial charge is 0.388 e. The number of hydrogen-bond acceptors (Lipinski definition) is 5. The number of hydrogen-bond donors (Lipinski definition) is 4. The van der Waals surface area contributed by atoms with Crippen molar-refractivity contribution in [3.63, 3.8) is 0 Å². The van der Waals surface area contributed by atoms with Crippen LogP contribution in [-0.2, 0) is 0 Å². The maximum Gasteiger partial charge on any atom is 0.178 e. The first-order chi connectivity index (χ1) is 8.54. The predicted octanol–water partition coefficient (Wildman–Crippen LogP) is 1.36. The summed E-state index contributed by atoms with van der Waals surface area (Å²) in [5.74, 6) is 3.03. The van der Waals surface area contributed by atoms with Crippen LogP contribution < -0.4 is 16.6 Å². The third-order valence-corrected chi connectivity index (χ3v) is 3.19. The zero-order chi connectivity index (χ0) is 13.2. The Bertz CT molecular complexity index is 435. The normalized spacial score (nSPS) is 17.8. The number of nitrogens with zero attached hydrogens (tertiary/aromatic N) is 1. The molecule has 0 saturated heterocycles. The minimum absolute atomic E-state index is 0.121. The number of pyridine rings is 1. The van der Waals surface area contributed by atoms with Crippen molar-refractivity contribution in [1.29, 1.82) is 0 Å². The van der Waals surface area contributed by atoms with Gasteiger partial charge in [0.25, 0.3) is 0 Å². The van der Waals surface area contributed by atoms with Gasteiger partial charge in [0.2, 0.25) is 0 Å². The molecule has 1 aromatic rings. The van der Waals surface area contributed by atoms with Crippen LogP contribution in [0.3, 0.4) is 0 Å². The molecule has 1 aliphatic rings. The Labute approximate surface area is 103 Å². The Morgan fingerprint density at radius 3 is 2.50 bits per heavy atom. The van der Waals surface area contributed by atoms with Gasteiger partial charge in [0.1, 0.15) is 0 Å². The molecule has 1 heterocycles. The zero-order valence-corrected chi connectivity index (χ0v) is 9.84. The summed E-state index contributed by atoms with van der Waals surface area (Å²) in [7, 11) is 0. The lowest BCUT2D eigenvalue weighted by Gasteiger charge is -2.22. The van der Waals surface area contributed by atoms with E-state index in [1.165, 1.54) is 0 Å². The van der Waals surface area contributed by atoms with Gasteiger partial charge >= 0.3 is 0 Å². The molecule has 0 bridgehead atoms. The summed E-state index contributed by atoms with van der Waals surface area (Å²) in [4.78, 5) is 3.67. The average molecular weight is 258 g/mol. The highest BCUT2D eigenvalue weighted by Crippen LogP contribution is 2.30. The fourth-order valence-corrected chi connectivity index (χ4v) is 2.15. The van der Waals surface area contributed by atoms with E-state index < -0.39 is 17.2 Å². The molecule has 0 unspecified atom stereocenters. The first kappa shape index (κ1) is 13.0. The SMILES string of the molecule is NNc1nc(NCC2(O)CCCC2)c(F)cc1F. The van der Waals surface area contributed by atoms with Crippen molar-refractivity contribution in [2.75, 3.05) is 17.3 Å². The van der Waals surface area contributed by atoms with Crippen LogP contribution in [0.5, 0.6) is 0 Å². The van der Waals surface area contributed by atoms with Gasteiger partial charge < -0.3 is 15.8 Å². The van der Waals surface area contributed by atoms with E-state index in [0.29, 0.717) is 18.9 Å². The number of hydrazine groups is 1. The summed E-state index contributed by atoms with van der Waals surface area (Å²) in [5.41, 5.74) is 1.21. The van der Waals surface area contributed by atoms with Gasteiger partial charge in [-0.25, -0.2) is 19.6 Å². The van der Waals surface area contributed by atoms with Crippen molar-refractivity contribution in [2.24, 2.45) is 5.84 Å².